The van der Waals surface area contributed by atoms with E-state index in [1.165, 1.54) is 0 Å². The van der Waals surface area contributed by atoms with Gasteiger partial charge in [-0.15, -0.1) is 0 Å². The SMILES string of the molecule is C[C@@](O)(CNC(=O)Nc1ccccc1Cl)c1ccc2c(c1)OCO2. The van der Waals surface area contributed by atoms with Gasteiger partial charge in [-0.3, -0.25) is 0 Å². The zero-order valence-electron chi connectivity index (χ0n) is 13.0. The highest BCUT2D eigenvalue weighted by Gasteiger charge is 2.26. The Morgan fingerprint density at radius 3 is 2.79 bits per heavy atom. The zero-order valence-corrected chi connectivity index (χ0v) is 13.8. The lowest BCUT2D eigenvalue weighted by atomic mass is 9.95. The van der Waals surface area contributed by atoms with E-state index >= 15 is 0 Å². The number of halogens is 1. The molecule has 1 aliphatic heterocycles. The number of nitrogens with one attached hydrogen (secondary N) is 2. The molecule has 0 aromatic heterocycles. The fourth-order valence-electron chi connectivity index (χ4n) is 2.32. The summed E-state index contributed by atoms with van der Waals surface area (Å²) in [5, 5.41) is 16.3. The molecule has 3 rings (SSSR count). The molecule has 0 fully saturated rings. The predicted molar refractivity (Wildman–Crippen MR) is 90.6 cm³/mol. The number of benzene rings is 2. The highest BCUT2D eigenvalue weighted by atomic mass is 35.5. The molecule has 0 unspecified atom stereocenters. The highest BCUT2D eigenvalue weighted by molar-refractivity contribution is 6.33. The molecule has 3 N–H and O–H groups in total. The molecular weight excluding hydrogens is 332 g/mol. The number of hydrogen-bond donors (Lipinski definition) is 3. The van der Waals surface area contributed by atoms with E-state index in [4.69, 9.17) is 21.1 Å². The first-order valence-corrected chi connectivity index (χ1v) is 7.75. The summed E-state index contributed by atoms with van der Waals surface area (Å²) < 4.78 is 10.6. The topological polar surface area (TPSA) is 79.8 Å². The number of hydrogen-bond acceptors (Lipinski definition) is 4. The molecule has 0 aliphatic carbocycles. The van der Waals surface area contributed by atoms with Crippen molar-refractivity contribution in [3.63, 3.8) is 0 Å². The smallest absolute Gasteiger partial charge is 0.319 e. The number of urea groups is 1. The second-order valence-electron chi connectivity index (χ2n) is 5.63. The van der Waals surface area contributed by atoms with Crippen LogP contribution in [0.25, 0.3) is 0 Å². The van der Waals surface area contributed by atoms with Crippen molar-refractivity contribution in [1.82, 2.24) is 5.32 Å². The Morgan fingerprint density at radius 1 is 1.25 bits per heavy atom. The molecule has 0 radical (unpaired) electrons. The van der Waals surface area contributed by atoms with Crippen LogP contribution in [0.1, 0.15) is 12.5 Å². The molecule has 6 nitrogen and oxygen atoms in total. The molecule has 2 aromatic carbocycles. The first kappa shape index (κ1) is 16.4. The van der Waals surface area contributed by atoms with Crippen molar-refractivity contribution in [3.8, 4) is 11.5 Å². The van der Waals surface area contributed by atoms with Gasteiger partial charge >= 0.3 is 6.03 Å². The first-order chi connectivity index (χ1) is 11.5. The summed E-state index contributed by atoms with van der Waals surface area (Å²) in [5.74, 6) is 1.22. The summed E-state index contributed by atoms with van der Waals surface area (Å²) >= 11 is 5.99. The minimum atomic E-state index is -1.27. The Kier molecular flexibility index (Phi) is 4.51. The van der Waals surface area contributed by atoms with Crippen molar-refractivity contribution in [2.45, 2.75) is 12.5 Å². The summed E-state index contributed by atoms with van der Waals surface area (Å²) in [6.45, 7) is 1.79. The van der Waals surface area contributed by atoms with Gasteiger partial charge in [0, 0.05) is 0 Å². The second kappa shape index (κ2) is 6.59. The van der Waals surface area contributed by atoms with Crippen LogP contribution < -0.4 is 20.1 Å². The molecule has 1 heterocycles. The minimum absolute atomic E-state index is 0.0168. The molecule has 0 spiro atoms. The Balaban J connectivity index is 1.62. The Labute approximate surface area is 144 Å². The van der Waals surface area contributed by atoms with E-state index in [-0.39, 0.29) is 13.3 Å². The van der Waals surface area contributed by atoms with E-state index in [0.717, 1.165) is 0 Å². The molecular formula is C17H17ClN2O4. The van der Waals surface area contributed by atoms with Gasteiger partial charge in [-0.2, -0.15) is 0 Å². The number of carbonyl (C=O) groups excluding carboxylic acids is 1. The van der Waals surface area contributed by atoms with E-state index in [1.54, 1.807) is 49.4 Å². The van der Waals surface area contributed by atoms with Crippen molar-refractivity contribution in [1.29, 1.82) is 0 Å². The minimum Gasteiger partial charge on any atom is -0.454 e. The van der Waals surface area contributed by atoms with E-state index < -0.39 is 11.6 Å². The zero-order chi connectivity index (χ0) is 17.2. The third-order valence-electron chi connectivity index (χ3n) is 3.71. The van der Waals surface area contributed by atoms with Gasteiger partial charge in [-0.25, -0.2) is 4.79 Å². The highest BCUT2D eigenvalue weighted by Crippen LogP contribution is 2.35. The van der Waals surface area contributed by atoms with Crippen molar-refractivity contribution in [3.05, 3.63) is 53.1 Å². The molecule has 0 saturated carbocycles. The number of ether oxygens (including phenoxy) is 2. The maximum absolute atomic E-state index is 12.0. The quantitative estimate of drug-likeness (QED) is 0.793. The summed E-state index contributed by atoms with van der Waals surface area (Å²) in [6, 6.07) is 11.6. The lowest BCUT2D eigenvalue weighted by Gasteiger charge is -2.24. The van der Waals surface area contributed by atoms with Gasteiger partial charge in [-0.1, -0.05) is 29.8 Å². The van der Waals surface area contributed by atoms with Gasteiger partial charge in [0.05, 0.1) is 17.3 Å². The maximum atomic E-state index is 12.0. The predicted octanol–water partition coefficient (Wildman–Crippen LogP) is 3.10. The largest absolute Gasteiger partial charge is 0.454 e. The monoisotopic (exact) mass is 348 g/mol. The molecule has 2 aromatic rings. The molecule has 0 bridgehead atoms. The van der Waals surface area contributed by atoms with Crippen LogP contribution >= 0.6 is 11.6 Å². The normalized spacial score (nSPS) is 14.8. The first-order valence-electron chi connectivity index (χ1n) is 7.37. The molecule has 1 atom stereocenters. The van der Waals surface area contributed by atoms with Crippen molar-refractivity contribution in [2.75, 3.05) is 18.7 Å². The number of amides is 2. The van der Waals surface area contributed by atoms with E-state index in [2.05, 4.69) is 10.6 Å². The molecule has 7 heteroatoms. The number of anilines is 1. The van der Waals surface area contributed by atoms with Gasteiger partial charge in [0.1, 0.15) is 5.60 Å². The Morgan fingerprint density at radius 2 is 2.00 bits per heavy atom. The summed E-state index contributed by atoms with van der Waals surface area (Å²) in [5.41, 5.74) is -0.150. The number of aliphatic hydroxyl groups is 1. The van der Waals surface area contributed by atoms with Gasteiger partial charge < -0.3 is 25.2 Å². The standard InChI is InChI=1S/C17H17ClN2O4/c1-17(22,11-6-7-14-15(8-11)24-10-23-14)9-19-16(21)20-13-5-3-2-4-12(13)18/h2-8,22H,9-10H2,1H3,(H2,19,20,21)/t17-/m1/s1. The van der Waals surface area contributed by atoms with Gasteiger partial charge in [-0.05, 0) is 36.8 Å². The molecule has 0 saturated heterocycles. The van der Waals surface area contributed by atoms with Crippen molar-refractivity contribution < 1.29 is 19.4 Å². The fraction of sp³-hybridized carbons (Fsp3) is 0.235. The van der Waals surface area contributed by atoms with Crippen molar-refractivity contribution >= 4 is 23.3 Å². The van der Waals surface area contributed by atoms with Crippen LogP contribution in [0, 0.1) is 0 Å². The molecule has 1 aliphatic rings. The average molecular weight is 349 g/mol. The van der Waals surface area contributed by atoms with Crippen LogP contribution in [0.4, 0.5) is 10.5 Å². The lowest BCUT2D eigenvalue weighted by molar-refractivity contribution is 0.0597. The van der Waals surface area contributed by atoms with Crippen LogP contribution in [0.5, 0.6) is 11.5 Å². The molecule has 126 valence electrons. The van der Waals surface area contributed by atoms with E-state index in [9.17, 15) is 9.90 Å². The number of rotatable bonds is 4. The third kappa shape index (κ3) is 3.55. The van der Waals surface area contributed by atoms with Crippen LogP contribution in [-0.2, 0) is 5.60 Å². The maximum Gasteiger partial charge on any atom is 0.319 e. The van der Waals surface area contributed by atoms with Crippen molar-refractivity contribution in [2.24, 2.45) is 0 Å². The molecule has 24 heavy (non-hydrogen) atoms. The Bertz CT molecular complexity index is 764. The van der Waals surface area contributed by atoms with Crippen LogP contribution in [0.15, 0.2) is 42.5 Å². The number of para-hydroxylation sites is 1. The second-order valence-corrected chi connectivity index (χ2v) is 6.04. The summed E-state index contributed by atoms with van der Waals surface area (Å²) in [7, 11) is 0. The van der Waals surface area contributed by atoms with Gasteiger partial charge in [0.25, 0.3) is 0 Å². The molecule has 2 amide bonds. The number of carbonyl (C=O) groups is 1. The van der Waals surface area contributed by atoms with Crippen LogP contribution in [0.2, 0.25) is 5.02 Å². The van der Waals surface area contributed by atoms with Crippen LogP contribution in [-0.4, -0.2) is 24.5 Å². The van der Waals surface area contributed by atoms with E-state index in [1.807, 2.05) is 0 Å². The summed E-state index contributed by atoms with van der Waals surface area (Å²) in [6.07, 6.45) is 0. The average Bonchev–Trinajstić information content (AvgIpc) is 3.03. The third-order valence-corrected chi connectivity index (χ3v) is 4.04. The Hall–Kier alpha value is -2.44. The van der Waals surface area contributed by atoms with Gasteiger partial charge in [0.2, 0.25) is 6.79 Å². The lowest BCUT2D eigenvalue weighted by Crippen LogP contribution is -2.40. The fourth-order valence-corrected chi connectivity index (χ4v) is 2.50. The van der Waals surface area contributed by atoms with E-state index in [0.29, 0.717) is 27.8 Å². The van der Waals surface area contributed by atoms with Gasteiger partial charge in [0.15, 0.2) is 11.5 Å². The summed E-state index contributed by atoms with van der Waals surface area (Å²) in [4.78, 5) is 12.0. The van der Waals surface area contributed by atoms with Crippen LogP contribution in [0.3, 0.4) is 0 Å². The number of fused-ring (bicyclic) bond motifs is 1.